The molecular formula is C14H21N3O2. The third kappa shape index (κ3) is 3.68. The topological polar surface area (TPSA) is 78.6 Å². The van der Waals surface area contributed by atoms with Gasteiger partial charge in [-0.2, -0.15) is 0 Å². The number of nitrogens with one attached hydrogen (secondary N) is 1. The van der Waals surface area contributed by atoms with Crippen LogP contribution >= 0.6 is 0 Å². The largest absolute Gasteiger partial charge is 0.393 e. The Labute approximate surface area is 113 Å². The van der Waals surface area contributed by atoms with Gasteiger partial charge < -0.3 is 21.1 Å². The van der Waals surface area contributed by atoms with Gasteiger partial charge in [0.1, 0.15) is 0 Å². The molecule has 0 unspecified atom stereocenters. The minimum Gasteiger partial charge on any atom is -0.393 e. The van der Waals surface area contributed by atoms with Crippen molar-refractivity contribution in [3.05, 3.63) is 29.8 Å². The van der Waals surface area contributed by atoms with Gasteiger partial charge in [0.2, 0.25) is 0 Å². The van der Waals surface area contributed by atoms with Gasteiger partial charge in [0, 0.05) is 25.8 Å². The second-order valence-electron chi connectivity index (χ2n) is 5.20. The average molecular weight is 263 g/mol. The predicted octanol–water partition coefficient (Wildman–Crippen LogP) is 1.38. The van der Waals surface area contributed by atoms with E-state index in [1.807, 2.05) is 24.3 Å². The summed E-state index contributed by atoms with van der Waals surface area (Å²) >= 11 is 0. The zero-order chi connectivity index (χ0) is 13.8. The van der Waals surface area contributed by atoms with E-state index in [0.29, 0.717) is 19.0 Å². The van der Waals surface area contributed by atoms with Gasteiger partial charge in [-0.15, -0.1) is 0 Å². The number of aliphatic hydroxyl groups excluding tert-OH is 1. The van der Waals surface area contributed by atoms with Crippen LogP contribution in [0.2, 0.25) is 0 Å². The van der Waals surface area contributed by atoms with Crippen LogP contribution in [-0.2, 0) is 6.54 Å². The minimum absolute atomic E-state index is 0.123. The molecule has 2 amide bonds. The molecule has 1 aromatic carbocycles. The highest BCUT2D eigenvalue weighted by atomic mass is 16.3. The van der Waals surface area contributed by atoms with Gasteiger partial charge in [-0.3, -0.25) is 0 Å². The van der Waals surface area contributed by atoms with Crippen molar-refractivity contribution in [3.8, 4) is 0 Å². The summed E-state index contributed by atoms with van der Waals surface area (Å²) < 4.78 is 0. The Morgan fingerprint density at radius 3 is 2.58 bits per heavy atom. The number of carbonyl (C=O) groups excluding carboxylic acids is 1. The van der Waals surface area contributed by atoms with E-state index in [-0.39, 0.29) is 12.1 Å². The lowest BCUT2D eigenvalue weighted by molar-refractivity contribution is 0.0332. The lowest BCUT2D eigenvalue weighted by Gasteiger charge is -2.34. The van der Waals surface area contributed by atoms with Crippen molar-refractivity contribution in [2.24, 2.45) is 11.7 Å². The average Bonchev–Trinajstić information content (AvgIpc) is 2.37. The number of nitrogens with zero attached hydrogens (tertiary/aromatic N) is 1. The molecule has 1 fully saturated rings. The van der Waals surface area contributed by atoms with Crippen molar-refractivity contribution < 1.29 is 9.90 Å². The van der Waals surface area contributed by atoms with E-state index in [2.05, 4.69) is 5.32 Å². The first-order chi connectivity index (χ1) is 9.08. The molecule has 19 heavy (non-hydrogen) atoms. The first-order valence-corrected chi connectivity index (χ1v) is 6.57. The van der Waals surface area contributed by atoms with Crippen LogP contribution in [0.25, 0.3) is 0 Å². The summed E-state index contributed by atoms with van der Waals surface area (Å²) in [6, 6.07) is 7.37. The molecule has 5 heteroatoms. The molecule has 0 atom stereocenters. The summed E-state index contributed by atoms with van der Waals surface area (Å²) in [6.45, 7) is 1.18. The van der Waals surface area contributed by atoms with E-state index >= 15 is 0 Å². The Morgan fingerprint density at radius 1 is 1.42 bits per heavy atom. The summed E-state index contributed by atoms with van der Waals surface area (Å²) in [6.07, 6.45) is 1.41. The third-order valence-corrected chi connectivity index (χ3v) is 3.53. The number of benzene rings is 1. The van der Waals surface area contributed by atoms with Crippen molar-refractivity contribution in [1.29, 1.82) is 0 Å². The lowest BCUT2D eigenvalue weighted by Crippen LogP contribution is -2.41. The fraction of sp³-hybridized carbons (Fsp3) is 0.500. The Bertz CT molecular complexity index is 427. The highest BCUT2D eigenvalue weighted by Crippen LogP contribution is 2.27. The predicted molar refractivity (Wildman–Crippen MR) is 74.7 cm³/mol. The highest BCUT2D eigenvalue weighted by Gasteiger charge is 2.29. The Morgan fingerprint density at radius 2 is 2.05 bits per heavy atom. The molecule has 1 saturated carbocycles. The number of aliphatic hydroxyl groups is 1. The second kappa shape index (κ2) is 6.04. The van der Waals surface area contributed by atoms with Crippen LogP contribution in [-0.4, -0.2) is 35.7 Å². The molecule has 2 rings (SSSR count). The molecule has 0 aliphatic heterocycles. The maximum Gasteiger partial charge on any atom is 0.321 e. The second-order valence-corrected chi connectivity index (χ2v) is 5.20. The van der Waals surface area contributed by atoms with Gasteiger partial charge in [0.25, 0.3) is 0 Å². The number of rotatable bonds is 4. The number of carbonyl (C=O) groups is 1. The molecule has 0 radical (unpaired) electrons. The van der Waals surface area contributed by atoms with Crippen LogP contribution in [0.1, 0.15) is 18.4 Å². The molecule has 4 N–H and O–H groups in total. The van der Waals surface area contributed by atoms with Crippen LogP contribution in [0, 0.1) is 5.92 Å². The summed E-state index contributed by atoms with van der Waals surface area (Å²) in [5.41, 5.74) is 7.32. The number of anilines is 1. The first kappa shape index (κ1) is 13.8. The van der Waals surface area contributed by atoms with Crippen LogP contribution in [0.3, 0.4) is 0 Å². The fourth-order valence-electron chi connectivity index (χ4n) is 2.26. The summed E-state index contributed by atoms with van der Waals surface area (Å²) in [5.74, 6) is 0.422. The summed E-state index contributed by atoms with van der Waals surface area (Å²) in [7, 11) is 1.77. The van der Waals surface area contributed by atoms with Crippen LogP contribution in [0.4, 0.5) is 10.5 Å². The molecule has 1 aromatic rings. The fourth-order valence-corrected chi connectivity index (χ4v) is 2.26. The van der Waals surface area contributed by atoms with Gasteiger partial charge >= 0.3 is 6.03 Å². The maximum atomic E-state index is 12.0. The quantitative estimate of drug-likeness (QED) is 0.768. The Balaban J connectivity index is 1.81. The molecule has 1 aliphatic carbocycles. The van der Waals surface area contributed by atoms with Gasteiger partial charge in [0.05, 0.1) is 6.10 Å². The first-order valence-electron chi connectivity index (χ1n) is 6.57. The lowest BCUT2D eigenvalue weighted by atomic mass is 9.82. The SMILES string of the molecule is CN(CC1CC(O)C1)C(=O)Nc1ccc(CN)cc1. The molecule has 0 saturated heterocycles. The molecule has 104 valence electrons. The number of hydrogen-bond acceptors (Lipinski definition) is 3. The highest BCUT2D eigenvalue weighted by molar-refractivity contribution is 5.89. The van der Waals surface area contributed by atoms with Crippen molar-refractivity contribution in [1.82, 2.24) is 4.90 Å². The number of amides is 2. The molecule has 0 bridgehead atoms. The zero-order valence-corrected chi connectivity index (χ0v) is 11.2. The van der Waals surface area contributed by atoms with Crippen LogP contribution in [0.15, 0.2) is 24.3 Å². The minimum atomic E-state index is -0.176. The van der Waals surface area contributed by atoms with E-state index in [1.165, 1.54) is 0 Å². The van der Waals surface area contributed by atoms with Crippen molar-refractivity contribution in [3.63, 3.8) is 0 Å². The van der Waals surface area contributed by atoms with E-state index in [0.717, 1.165) is 24.1 Å². The number of urea groups is 1. The maximum absolute atomic E-state index is 12.0. The molecule has 1 aliphatic rings. The normalized spacial score (nSPS) is 21.6. The number of nitrogens with two attached hydrogens (primary N) is 1. The standard InChI is InChI=1S/C14H21N3O2/c1-17(9-11-6-13(18)7-11)14(19)16-12-4-2-10(8-15)3-5-12/h2-5,11,13,18H,6-9,15H2,1H3,(H,16,19). The monoisotopic (exact) mass is 263 g/mol. The van der Waals surface area contributed by atoms with Crippen molar-refractivity contribution in [2.75, 3.05) is 18.9 Å². The van der Waals surface area contributed by atoms with Gasteiger partial charge in [-0.05, 0) is 36.5 Å². The smallest absolute Gasteiger partial charge is 0.321 e. The zero-order valence-electron chi connectivity index (χ0n) is 11.2. The Hall–Kier alpha value is -1.59. The molecule has 0 aromatic heterocycles. The van der Waals surface area contributed by atoms with Crippen molar-refractivity contribution >= 4 is 11.7 Å². The van der Waals surface area contributed by atoms with Gasteiger partial charge in [0.15, 0.2) is 0 Å². The van der Waals surface area contributed by atoms with Crippen LogP contribution in [0.5, 0.6) is 0 Å². The van der Waals surface area contributed by atoms with Crippen molar-refractivity contribution in [2.45, 2.75) is 25.5 Å². The van der Waals surface area contributed by atoms with Gasteiger partial charge in [-0.1, -0.05) is 12.1 Å². The summed E-state index contributed by atoms with van der Waals surface area (Å²) in [4.78, 5) is 13.6. The summed E-state index contributed by atoms with van der Waals surface area (Å²) in [5, 5.41) is 12.1. The molecule has 0 heterocycles. The molecular weight excluding hydrogens is 242 g/mol. The molecule has 0 spiro atoms. The van der Waals surface area contributed by atoms with Crippen LogP contribution < -0.4 is 11.1 Å². The Kier molecular flexibility index (Phi) is 4.39. The van der Waals surface area contributed by atoms with E-state index in [4.69, 9.17) is 5.73 Å². The third-order valence-electron chi connectivity index (χ3n) is 3.53. The molecule has 5 nitrogen and oxygen atoms in total. The number of hydrogen-bond donors (Lipinski definition) is 3. The van der Waals surface area contributed by atoms with Gasteiger partial charge in [-0.25, -0.2) is 4.79 Å². The van der Waals surface area contributed by atoms with E-state index in [1.54, 1.807) is 11.9 Å². The van der Waals surface area contributed by atoms with E-state index < -0.39 is 0 Å². The van der Waals surface area contributed by atoms with E-state index in [9.17, 15) is 9.90 Å².